The fourth-order valence-corrected chi connectivity index (χ4v) is 9.30. The molecule has 0 spiro atoms. The number of hydrogen-bond donors (Lipinski definition) is 2. The number of rotatable bonds is 5. The van der Waals surface area contributed by atoms with Crippen LogP contribution in [0.15, 0.2) is 0 Å². The van der Waals surface area contributed by atoms with Crippen LogP contribution in [0.3, 0.4) is 0 Å². The monoisotopic (exact) mass is 404 g/mol. The summed E-state index contributed by atoms with van der Waals surface area (Å²) in [5.41, 5.74) is 0.804. The minimum Gasteiger partial charge on any atom is -0.390 e. The molecule has 0 radical (unpaired) electrons. The van der Waals surface area contributed by atoms with Crippen LogP contribution >= 0.6 is 0 Å². The summed E-state index contributed by atoms with van der Waals surface area (Å²) >= 11 is 0. The topological polar surface area (TPSA) is 40.5 Å². The molecule has 4 saturated carbocycles. The average molecular weight is 405 g/mol. The van der Waals surface area contributed by atoms with Crippen LogP contribution < -0.4 is 0 Å². The number of hydrogen-bond acceptors (Lipinski definition) is 2. The third kappa shape index (κ3) is 3.73. The van der Waals surface area contributed by atoms with E-state index in [1.54, 1.807) is 0 Å². The highest BCUT2D eigenvalue weighted by atomic mass is 16.3. The van der Waals surface area contributed by atoms with Gasteiger partial charge < -0.3 is 10.2 Å². The molecule has 2 nitrogen and oxygen atoms in total. The molecule has 10 atom stereocenters. The Morgan fingerprint density at radius 2 is 1.55 bits per heavy atom. The third-order valence-corrected chi connectivity index (χ3v) is 10.9. The molecule has 4 rings (SSSR count). The Labute approximate surface area is 180 Å². The zero-order valence-corrected chi connectivity index (χ0v) is 19.9. The molecular formula is C27H48O2. The maximum absolute atomic E-state index is 10.5. The standard InChI is InChI=1S/C27H48O2/c1-17(2)7-6-8-18(3)21-11-12-22-20-10-9-19-15-24(28)25(29)16-27(19,5)23(20)13-14-26(21,22)4/h17-25,28-29H,6-16H2,1-5H3/t18-,19?,20?,21-,22?,23?,24-,25+,26-,27+/m1/s1. The molecular weight excluding hydrogens is 356 g/mol. The van der Waals surface area contributed by atoms with Crippen LogP contribution in [0.25, 0.3) is 0 Å². The summed E-state index contributed by atoms with van der Waals surface area (Å²) in [6.07, 6.45) is 13.2. The molecule has 0 aliphatic heterocycles. The van der Waals surface area contributed by atoms with E-state index in [4.69, 9.17) is 0 Å². The van der Waals surface area contributed by atoms with Crippen LogP contribution in [0.5, 0.6) is 0 Å². The van der Waals surface area contributed by atoms with Gasteiger partial charge >= 0.3 is 0 Å². The van der Waals surface area contributed by atoms with Crippen molar-refractivity contribution in [3.8, 4) is 0 Å². The molecule has 4 aliphatic carbocycles. The van der Waals surface area contributed by atoms with E-state index in [0.29, 0.717) is 11.3 Å². The molecule has 0 aromatic rings. The van der Waals surface area contributed by atoms with Crippen molar-refractivity contribution in [3.05, 3.63) is 0 Å². The van der Waals surface area contributed by atoms with E-state index in [9.17, 15) is 10.2 Å². The van der Waals surface area contributed by atoms with E-state index < -0.39 is 12.2 Å². The van der Waals surface area contributed by atoms with Crippen molar-refractivity contribution in [2.45, 2.75) is 117 Å². The molecule has 4 aliphatic rings. The quantitative estimate of drug-likeness (QED) is 0.553. The Morgan fingerprint density at radius 3 is 2.28 bits per heavy atom. The Hall–Kier alpha value is -0.0800. The van der Waals surface area contributed by atoms with Crippen molar-refractivity contribution in [2.75, 3.05) is 0 Å². The maximum atomic E-state index is 10.5. The molecule has 2 N–H and O–H groups in total. The summed E-state index contributed by atoms with van der Waals surface area (Å²) in [4.78, 5) is 0. The summed E-state index contributed by atoms with van der Waals surface area (Å²) in [7, 11) is 0. The number of fused-ring (bicyclic) bond motifs is 5. The first-order valence-corrected chi connectivity index (χ1v) is 13.0. The zero-order valence-electron chi connectivity index (χ0n) is 19.9. The van der Waals surface area contributed by atoms with Crippen molar-refractivity contribution in [1.82, 2.24) is 0 Å². The van der Waals surface area contributed by atoms with Gasteiger partial charge in [0.05, 0.1) is 12.2 Å². The summed E-state index contributed by atoms with van der Waals surface area (Å²) in [5, 5.41) is 20.8. The Morgan fingerprint density at radius 1 is 0.828 bits per heavy atom. The minimum absolute atomic E-state index is 0.254. The van der Waals surface area contributed by atoms with E-state index in [0.717, 1.165) is 48.3 Å². The minimum atomic E-state index is -0.499. The van der Waals surface area contributed by atoms with Crippen LogP contribution in [-0.4, -0.2) is 22.4 Å². The van der Waals surface area contributed by atoms with Gasteiger partial charge in [-0.2, -0.15) is 0 Å². The Balaban J connectivity index is 1.47. The second-order valence-electron chi connectivity index (χ2n) is 12.8. The smallest absolute Gasteiger partial charge is 0.0804 e. The molecule has 0 heterocycles. The molecule has 0 saturated heterocycles. The van der Waals surface area contributed by atoms with Crippen LogP contribution in [0, 0.1) is 52.3 Å². The van der Waals surface area contributed by atoms with Gasteiger partial charge in [0.2, 0.25) is 0 Å². The van der Waals surface area contributed by atoms with Crippen LogP contribution in [-0.2, 0) is 0 Å². The molecule has 0 amide bonds. The lowest BCUT2D eigenvalue weighted by atomic mass is 9.44. The SMILES string of the molecule is CC(C)CCC[C@@H](C)[C@H]1CCC2C3CCC4C[C@@H](O)[C@@H](O)C[C@]4(C)C3CC[C@@]21C. The fourth-order valence-electron chi connectivity index (χ4n) is 9.30. The van der Waals surface area contributed by atoms with Gasteiger partial charge in [0, 0.05) is 0 Å². The molecule has 0 bridgehead atoms. The van der Waals surface area contributed by atoms with E-state index in [1.807, 2.05) is 0 Å². The molecule has 0 aromatic carbocycles. The first kappa shape index (κ1) is 22.1. The molecule has 29 heavy (non-hydrogen) atoms. The largest absolute Gasteiger partial charge is 0.390 e. The van der Waals surface area contributed by atoms with Crippen molar-refractivity contribution in [1.29, 1.82) is 0 Å². The predicted octanol–water partition coefficient (Wildman–Crippen LogP) is 6.44. The van der Waals surface area contributed by atoms with Gasteiger partial charge in [-0.25, -0.2) is 0 Å². The highest BCUT2D eigenvalue weighted by Crippen LogP contribution is 2.68. The first-order chi connectivity index (χ1) is 13.7. The first-order valence-electron chi connectivity index (χ1n) is 13.0. The van der Waals surface area contributed by atoms with Crippen molar-refractivity contribution in [2.24, 2.45) is 52.3 Å². The van der Waals surface area contributed by atoms with Crippen molar-refractivity contribution >= 4 is 0 Å². The molecule has 168 valence electrons. The third-order valence-electron chi connectivity index (χ3n) is 10.9. The van der Waals surface area contributed by atoms with Gasteiger partial charge in [0.25, 0.3) is 0 Å². The van der Waals surface area contributed by atoms with Crippen molar-refractivity contribution in [3.63, 3.8) is 0 Å². The van der Waals surface area contributed by atoms with Crippen LogP contribution in [0.4, 0.5) is 0 Å². The van der Waals surface area contributed by atoms with E-state index >= 15 is 0 Å². The fraction of sp³-hybridized carbons (Fsp3) is 1.00. The van der Waals surface area contributed by atoms with Gasteiger partial charge in [-0.05, 0) is 104 Å². The summed E-state index contributed by atoms with van der Waals surface area (Å²) < 4.78 is 0. The summed E-state index contributed by atoms with van der Waals surface area (Å²) in [6.45, 7) is 12.4. The van der Waals surface area contributed by atoms with Gasteiger partial charge in [0.15, 0.2) is 0 Å². The highest BCUT2D eigenvalue weighted by Gasteiger charge is 2.61. The average Bonchev–Trinajstić information content (AvgIpc) is 3.00. The zero-order chi connectivity index (χ0) is 21.0. The number of aliphatic hydroxyl groups is 2. The van der Waals surface area contributed by atoms with E-state index in [1.165, 1.54) is 57.8 Å². The number of aliphatic hydroxyl groups excluding tert-OH is 2. The lowest BCUT2D eigenvalue weighted by Gasteiger charge is -2.61. The summed E-state index contributed by atoms with van der Waals surface area (Å²) in [5.74, 6) is 5.80. The second-order valence-corrected chi connectivity index (χ2v) is 12.8. The van der Waals surface area contributed by atoms with Gasteiger partial charge in [-0.15, -0.1) is 0 Å². The van der Waals surface area contributed by atoms with Crippen LogP contribution in [0.2, 0.25) is 0 Å². The lowest BCUT2D eigenvalue weighted by Crippen LogP contribution is -2.56. The normalized spacial score (nSPS) is 50.7. The maximum Gasteiger partial charge on any atom is 0.0804 e. The molecule has 0 aromatic heterocycles. The van der Waals surface area contributed by atoms with E-state index in [-0.39, 0.29) is 5.41 Å². The molecule has 4 unspecified atom stereocenters. The van der Waals surface area contributed by atoms with Crippen molar-refractivity contribution < 1.29 is 10.2 Å². The molecule has 4 fully saturated rings. The highest BCUT2D eigenvalue weighted by molar-refractivity contribution is 5.10. The van der Waals surface area contributed by atoms with Gasteiger partial charge in [-0.1, -0.05) is 53.9 Å². The van der Waals surface area contributed by atoms with Gasteiger partial charge in [0.1, 0.15) is 0 Å². The predicted molar refractivity (Wildman–Crippen MR) is 120 cm³/mol. The van der Waals surface area contributed by atoms with Gasteiger partial charge in [-0.3, -0.25) is 0 Å². The lowest BCUT2D eigenvalue weighted by molar-refractivity contribution is -0.160. The second kappa shape index (κ2) is 8.12. The molecule has 2 heteroatoms. The summed E-state index contributed by atoms with van der Waals surface area (Å²) in [6, 6.07) is 0. The Bertz CT molecular complexity index is 573. The van der Waals surface area contributed by atoms with E-state index in [2.05, 4.69) is 34.6 Å². The Kier molecular flexibility index (Phi) is 6.19. The van der Waals surface area contributed by atoms with Crippen LogP contribution in [0.1, 0.15) is 105 Å².